The average molecular weight is 629 g/mol. The second-order valence-electron chi connectivity index (χ2n) is 10.2. The van der Waals surface area contributed by atoms with Gasteiger partial charge >= 0.3 is 0 Å². The van der Waals surface area contributed by atoms with Crippen LogP contribution >= 0.6 is 23.5 Å². The number of carbonyl (C=O) groups excluding carboxylic acids is 6. The Morgan fingerprint density at radius 2 is 1.67 bits per heavy atom. The number of nitrogens with two attached hydrogens (primary N) is 1. The number of rotatable bonds is 5. The summed E-state index contributed by atoms with van der Waals surface area (Å²) in [6.45, 7) is 6.09. The van der Waals surface area contributed by atoms with Crippen molar-refractivity contribution in [3.05, 3.63) is 18.2 Å². The van der Waals surface area contributed by atoms with Gasteiger partial charge in [-0.1, -0.05) is 13.8 Å². The first-order valence-corrected chi connectivity index (χ1v) is 15.7. The quantitative estimate of drug-likeness (QED) is 0.169. The third-order valence-electron chi connectivity index (χ3n) is 6.15. The van der Waals surface area contributed by atoms with Crippen molar-refractivity contribution in [1.29, 1.82) is 0 Å². The summed E-state index contributed by atoms with van der Waals surface area (Å²) in [5.74, 6) is -3.62. The molecule has 0 aromatic carbocycles. The fraction of sp³-hybridized carbons (Fsp3) is 0.640. The third kappa shape index (κ3) is 11.5. The fourth-order valence-corrected chi connectivity index (χ4v) is 6.02. The van der Waals surface area contributed by atoms with Gasteiger partial charge in [-0.05, 0) is 12.8 Å². The smallest absolute Gasteiger partial charge is 0.244 e. The van der Waals surface area contributed by atoms with E-state index in [1.807, 2.05) is 0 Å². The highest BCUT2D eigenvalue weighted by Gasteiger charge is 2.32. The van der Waals surface area contributed by atoms with Crippen molar-refractivity contribution in [2.24, 2.45) is 11.7 Å². The maximum Gasteiger partial charge on any atom is 0.244 e. The number of thioether (sulfide) groups is 2. The van der Waals surface area contributed by atoms with Gasteiger partial charge < -0.3 is 42.4 Å². The minimum absolute atomic E-state index is 0.00726. The maximum absolute atomic E-state index is 13.3. The maximum atomic E-state index is 13.3. The molecule has 1 aliphatic heterocycles. The van der Waals surface area contributed by atoms with Crippen LogP contribution in [0.25, 0.3) is 0 Å². The van der Waals surface area contributed by atoms with Gasteiger partial charge in [-0.15, -0.1) is 0 Å². The molecule has 2 heterocycles. The molecule has 42 heavy (non-hydrogen) atoms. The Bertz CT molecular complexity index is 1100. The Labute approximate surface area is 252 Å². The Hall–Kier alpha value is -3.31. The number of primary amides is 1. The molecular weight excluding hydrogens is 588 g/mol. The Kier molecular flexibility index (Phi) is 14.1. The molecule has 1 fully saturated rings. The zero-order valence-electron chi connectivity index (χ0n) is 24.0. The Balaban J connectivity index is 2.34. The second-order valence-corrected chi connectivity index (χ2v) is 12.4. The van der Waals surface area contributed by atoms with Gasteiger partial charge in [-0.2, -0.15) is 23.5 Å². The highest BCUT2D eigenvalue weighted by molar-refractivity contribution is 8.00. The fourth-order valence-electron chi connectivity index (χ4n) is 3.87. The number of H-pyrrole nitrogens is 1. The van der Waals surface area contributed by atoms with Crippen molar-refractivity contribution >= 4 is 59.0 Å². The number of hydrogen-bond donors (Lipinski definition) is 8. The van der Waals surface area contributed by atoms with E-state index in [1.54, 1.807) is 13.8 Å². The van der Waals surface area contributed by atoms with Crippen LogP contribution in [-0.2, 0) is 35.2 Å². The lowest BCUT2D eigenvalue weighted by Crippen LogP contribution is -2.60. The third-order valence-corrected chi connectivity index (χ3v) is 8.53. The number of amides is 6. The summed E-state index contributed by atoms with van der Waals surface area (Å²) < 4.78 is 0. The molecule has 6 unspecified atom stereocenters. The Morgan fingerprint density at radius 1 is 1.00 bits per heavy atom. The van der Waals surface area contributed by atoms with Crippen LogP contribution in [0, 0.1) is 5.92 Å². The molecular formula is C25H40N8O7S2. The van der Waals surface area contributed by atoms with Crippen LogP contribution in [0.15, 0.2) is 12.5 Å². The second kappa shape index (κ2) is 17.0. The van der Waals surface area contributed by atoms with Gasteiger partial charge in [0.05, 0.1) is 12.4 Å². The van der Waals surface area contributed by atoms with Gasteiger partial charge in [0.15, 0.2) is 0 Å². The predicted molar refractivity (Wildman–Crippen MR) is 158 cm³/mol. The molecule has 0 aliphatic carbocycles. The highest BCUT2D eigenvalue weighted by Crippen LogP contribution is 2.13. The molecule has 0 saturated carbocycles. The molecule has 1 aromatic heterocycles. The molecule has 1 saturated heterocycles. The lowest BCUT2D eigenvalue weighted by Gasteiger charge is -2.27. The van der Waals surface area contributed by atoms with E-state index in [4.69, 9.17) is 5.73 Å². The van der Waals surface area contributed by atoms with E-state index in [0.29, 0.717) is 5.69 Å². The Morgan fingerprint density at radius 3 is 2.24 bits per heavy atom. The number of carbonyl (C=O) groups is 6. The minimum atomic E-state index is -1.15. The van der Waals surface area contributed by atoms with Crippen LogP contribution in [0.5, 0.6) is 0 Å². The summed E-state index contributed by atoms with van der Waals surface area (Å²) in [4.78, 5) is 83.2. The molecule has 234 valence electrons. The zero-order chi connectivity index (χ0) is 31.4. The number of imidazole rings is 1. The summed E-state index contributed by atoms with van der Waals surface area (Å²) in [5.41, 5.74) is 6.02. The number of nitrogens with one attached hydrogen (secondary N) is 6. The first-order chi connectivity index (χ1) is 19.8. The van der Waals surface area contributed by atoms with Crippen molar-refractivity contribution in [3.8, 4) is 0 Å². The molecule has 0 radical (unpaired) electrons. The van der Waals surface area contributed by atoms with Crippen LogP contribution in [0.2, 0.25) is 0 Å². The molecule has 1 aromatic rings. The van der Waals surface area contributed by atoms with Crippen LogP contribution in [-0.4, -0.2) is 110 Å². The van der Waals surface area contributed by atoms with E-state index in [-0.39, 0.29) is 35.4 Å². The summed E-state index contributed by atoms with van der Waals surface area (Å²) in [5, 5.41) is 23.4. The van der Waals surface area contributed by atoms with E-state index < -0.39 is 71.8 Å². The summed E-state index contributed by atoms with van der Waals surface area (Å²) in [6, 6.07) is -5.38. The van der Waals surface area contributed by atoms with Crippen molar-refractivity contribution in [2.45, 2.75) is 70.4 Å². The summed E-state index contributed by atoms with van der Waals surface area (Å²) in [6.07, 6.45) is 2.07. The summed E-state index contributed by atoms with van der Waals surface area (Å²) in [7, 11) is 0. The molecule has 1 aliphatic rings. The van der Waals surface area contributed by atoms with Crippen LogP contribution in [0.1, 0.15) is 33.4 Å². The molecule has 0 spiro atoms. The monoisotopic (exact) mass is 628 g/mol. The molecule has 0 bridgehead atoms. The number of aromatic nitrogens is 2. The van der Waals surface area contributed by atoms with E-state index in [0.717, 1.165) is 0 Å². The van der Waals surface area contributed by atoms with E-state index >= 15 is 0 Å². The van der Waals surface area contributed by atoms with E-state index in [2.05, 4.69) is 36.6 Å². The largest absolute Gasteiger partial charge is 0.391 e. The topological polar surface area (TPSA) is 237 Å². The van der Waals surface area contributed by atoms with Crippen molar-refractivity contribution in [2.75, 3.05) is 23.0 Å². The number of aliphatic hydroxyl groups excluding tert-OH is 1. The number of aliphatic hydroxyl groups is 1. The van der Waals surface area contributed by atoms with E-state index in [1.165, 1.54) is 49.9 Å². The van der Waals surface area contributed by atoms with Crippen LogP contribution < -0.4 is 32.3 Å². The van der Waals surface area contributed by atoms with Crippen molar-refractivity contribution < 1.29 is 33.9 Å². The number of aromatic amines is 1. The zero-order valence-corrected chi connectivity index (χ0v) is 25.6. The molecule has 6 atom stereocenters. The highest BCUT2D eigenvalue weighted by atomic mass is 32.2. The van der Waals surface area contributed by atoms with E-state index in [9.17, 15) is 33.9 Å². The van der Waals surface area contributed by atoms with Crippen molar-refractivity contribution in [3.63, 3.8) is 0 Å². The van der Waals surface area contributed by atoms with Crippen LogP contribution in [0.4, 0.5) is 0 Å². The average Bonchev–Trinajstić information content (AvgIpc) is 3.42. The standard InChI is InChI=1S/C25H40N8O7S2/c1-12(2)20-25(40)32-18(21(26)36)9-41-7-16(35)8-42-10-19(30-14(4)34)24(39)31-17(5-15-6-27-11-28-15)23(38)29-13(3)22(37)33-20/h6,11-13,16-20,35H,5,7-10H2,1-4H3,(H2,26,36)(H,27,28)(H,29,38)(H,30,34)(H,31,39)(H,32,40)(H,33,37). The van der Waals surface area contributed by atoms with Gasteiger partial charge in [0.25, 0.3) is 0 Å². The van der Waals surface area contributed by atoms with Gasteiger partial charge in [0.2, 0.25) is 35.4 Å². The molecule has 6 amide bonds. The number of nitrogens with zero attached hydrogens (tertiary/aromatic N) is 1. The lowest BCUT2D eigenvalue weighted by atomic mass is 10.0. The van der Waals surface area contributed by atoms with Crippen molar-refractivity contribution in [1.82, 2.24) is 36.6 Å². The first-order valence-electron chi connectivity index (χ1n) is 13.4. The van der Waals surface area contributed by atoms with Gasteiger partial charge in [0, 0.05) is 48.2 Å². The normalized spacial score (nSPS) is 27.7. The van der Waals surface area contributed by atoms with Gasteiger partial charge in [-0.3, -0.25) is 28.8 Å². The minimum Gasteiger partial charge on any atom is -0.391 e. The predicted octanol–water partition coefficient (Wildman–Crippen LogP) is -2.60. The molecule has 9 N–H and O–H groups in total. The molecule has 2 rings (SSSR count). The van der Waals surface area contributed by atoms with Crippen LogP contribution in [0.3, 0.4) is 0 Å². The summed E-state index contributed by atoms with van der Waals surface area (Å²) >= 11 is 2.42. The SMILES string of the molecule is CC(=O)NC1CSCC(O)CSCC(C(N)=O)NC(=O)C(C(C)C)NC(=O)C(C)NC(=O)C(Cc2cnc[nH]2)NC1=O. The first kappa shape index (κ1) is 34.9. The molecule has 15 nitrogen and oxygen atoms in total. The van der Waals surface area contributed by atoms with Gasteiger partial charge in [-0.25, -0.2) is 4.98 Å². The van der Waals surface area contributed by atoms with Gasteiger partial charge in [0.1, 0.15) is 30.2 Å². The number of hydrogen-bond acceptors (Lipinski definition) is 10. The molecule has 17 heteroatoms. The lowest BCUT2D eigenvalue weighted by molar-refractivity contribution is -0.135.